The van der Waals surface area contributed by atoms with Gasteiger partial charge in [0.05, 0.1) is 0 Å². The average molecular weight is 445 g/mol. The molecule has 0 bridgehead atoms. The average Bonchev–Trinajstić information content (AvgIpc) is 2.69. The summed E-state index contributed by atoms with van der Waals surface area (Å²) in [5.41, 5.74) is 2.98. The van der Waals surface area contributed by atoms with Gasteiger partial charge in [-0.25, -0.2) is 0 Å². The minimum absolute atomic E-state index is 0.0185. The van der Waals surface area contributed by atoms with Gasteiger partial charge in [-0.05, 0) is 68.1 Å². The third kappa shape index (κ3) is 5.35. The predicted octanol–water partition coefficient (Wildman–Crippen LogP) is 3.87. The molecule has 0 aromatic heterocycles. The Hall–Kier alpha value is -2.34. The van der Waals surface area contributed by atoms with E-state index in [2.05, 4.69) is 21.2 Å². The van der Waals surface area contributed by atoms with Crippen molar-refractivity contribution in [3.8, 4) is 5.75 Å². The summed E-state index contributed by atoms with van der Waals surface area (Å²) < 4.78 is 6.53. The number of halogens is 1. The summed E-state index contributed by atoms with van der Waals surface area (Å²) in [7, 11) is 0. The number of nitrogens with one attached hydrogen (secondary N) is 1. The quantitative estimate of drug-likeness (QED) is 0.761. The van der Waals surface area contributed by atoms with Gasteiger partial charge in [0.25, 0.3) is 11.8 Å². The second-order valence-electron chi connectivity index (χ2n) is 7.17. The topological polar surface area (TPSA) is 58.6 Å². The maximum absolute atomic E-state index is 12.4. The number of benzene rings is 2. The first-order valence-corrected chi connectivity index (χ1v) is 10.3. The highest BCUT2D eigenvalue weighted by Gasteiger charge is 2.24. The van der Waals surface area contributed by atoms with Gasteiger partial charge in [0.15, 0.2) is 6.61 Å². The molecule has 0 saturated carbocycles. The lowest BCUT2D eigenvalue weighted by Gasteiger charge is -2.32. The number of hydrogen-bond donors (Lipinski definition) is 1. The van der Waals surface area contributed by atoms with Crippen LogP contribution < -0.4 is 10.1 Å². The van der Waals surface area contributed by atoms with E-state index in [1.54, 1.807) is 12.1 Å². The number of amides is 2. The molecule has 1 fully saturated rings. The van der Waals surface area contributed by atoms with Crippen LogP contribution in [0.3, 0.4) is 0 Å². The molecule has 0 aliphatic carbocycles. The molecule has 0 unspecified atom stereocenters. The van der Waals surface area contributed by atoms with Crippen LogP contribution >= 0.6 is 15.9 Å². The van der Waals surface area contributed by atoms with Crippen LogP contribution in [-0.2, 0) is 4.79 Å². The summed E-state index contributed by atoms with van der Waals surface area (Å²) >= 11 is 3.38. The fourth-order valence-corrected chi connectivity index (χ4v) is 3.61. The zero-order chi connectivity index (χ0) is 20.1. The van der Waals surface area contributed by atoms with E-state index in [0.29, 0.717) is 24.4 Å². The first-order valence-electron chi connectivity index (χ1n) is 9.46. The molecule has 1 N–H and O–H groups in total. The van der Waals surface area contributed by atoms with E-state index in [4.69, 9.17) is 4.74 Å². The molecule has 2 aromatic carbocycles. The van der Waals surface area contributed by atoms with Crippen molar-refractivity contribution in [1.82, 2.24) is 10.2 Å². The predicted molar refractivity (Wildman–Crippen MR) is 113 cm³/mol. The number of nitrogens with zero attached hydrogens (tertiary/aromatic N) is 1. The first-order chi connectivity index (χ1) is 13.4. The van der Waals surface area contributed by atoms with Gasteiger partial charge in [-0.1, -0.05) is 28.1 Å². The van der Waals surface area contributed by atoms with Crippen LogP contribution in [0.4, 0.5) is 0 Å². The number of piperidine rings is 1. The van der Waals surface area contributed by atoms with Crippen LogP contribution in [0.15, 0.2) is 46.9 Å². The number of carbonyl (C=O) groups is 2. The molecular weight excluding hydrogens is 420 g/mol. The lowest BCUT2D eigenvalue weighted by Crippen LogP contribution is -2.47. The molecule has 6 heteroatoms. The monoisotopic (exact) mass is 444 g/mol. The Morgan fingerprint density at radius 1 is 1.11 bits per heavy atom. The molecule has 1 aliphatic heterocycles. The second-order valence-corrected chi connectivity index (χ2v) is 8.09. The molecule has 148 valence electrons. The highest BCUT2D eigenvalue weighted by atomic mass is 79.9. The molecule has 1 saturated heterocycles. The molecule has 0 radical (unpaired) electrons. The highest BCUT2D eigenvalue weighted by molar-refractivity contribution is 9.10. The van der Waals surface area contributed by atoms with Gasteiger partial charge in [-0.3, -0.25) is 9.59 Å². The van der Waals surface area contributed by atoms with Gasteiger partial charge in [-0.15, -0.1) is 0 Å². The molecule has 0 atom stereocenters. The van der Waals surface area contributed by atoms with Gasteiger partial charge < -0.3 is 15.0 Å². The van der Waals surface area contributed by atoms with Gasteiger partial charge in [0.1, 0.15) is 5.75 Å². The Morgan fingerprint density at radius 2 is 1.86 bits per heavy atom. The van der Waals surface area contributed by atoms with Crippen molar-refractivity contribution in [1.29, 1.82) is 0 Å². The Morgan fingerprint density at radius 3 is 2.54 bits per heavy atom. The van der Waals surface area contributed by atoms with Crippen molar-refractivity contribution in [2.24, 2.45) is 0 Å². The lowest BCUT2D eigenvalue weighted by molar-refractivity contribution is -0.134. The third-order valence-corrected chi connectivity index (χ3v) is 5.60. The van der Waals surface area contributed by atoms with Crippen LogP contribution in [0.25, 0.3) is 0 Å². The SMILES string of the molecule is Cc1ccc(OCC(=O)N2CCC(NC(=O)c3cccc(Br)c3)CC2)cc1C. The first kappa shape index (κ1) is 20.4. The van der Waals surface area contributed by atoms with E-state index >= 15 is 0 Å². The van der Waals surface area contributed by atoms with Gasteiger partial charge in [0.2, 0.25) is 0 Å². The van der Waals surface area contributed by atoms with Crippen molar-refractivity contribution in [2.75, 3.05) is 19.7 Å². The molecule has 0 spiro atoms. The standard InChI is InChI=1S/C22H25BrN2O3/c1-15-6-7-20(12-16(15)2)28-14-21(26)25-10-8-19(9-11-25)24-22(27)17-4-3-5-18(23)13-17/h3-7,12-13,19H,8-11,14H2,1-2H3,(H,24,27). The molecule has 2 aromatic rings. The fourth-order valence-electron chi connectivity index (χ4n) is 3.21. The Bertz CT molecular complexity index is 861. The summed E-state index contributed by atoms with van der Waals surface area (Å²) in [6.07, 6.45) is 1.49. The van der Waals surface area contributed by atoms with Crippen LogP contribution in [-0.4, -0.2) is 42.5 Å². The minimum atomic E-state index is -0.0795. The van der Waals surface area contributed by atoms with E-state index in [0.717, 1.165) is 22.9 Å². The normalized spacial score (nSPS) is 14.6. The second kappa shape index (κ2) is 9.24. The molecule has 28 heavy (non-hydrogen) atoms. The summed E-state index contributed by atoms with van der Waals surface area (Å²) in [5.74, 6) is 0.617. The van der Waals surface area contributed by atoms with Gasteiger partial charge in [-0.2, -0.15) is 0 Å². The Kier molecular flexibility index (Phi) is 6.73. The van der Waals surface area contributed by atoms with E-state index in [1.165, 1.54) is 5.56 Å². The van der Waals surface area contributed by atoms with E-state index in [1.807, 2.05) is 49.1 Å². The van der Waals surface area contributed by atoms with Crippen molar-refractivity contribution in [3.05, 3.63) is 63.6 Å². The largest absolute Gasteiger partial charge is 0.484 e. The Labute approximate surface area is 174 Å². The summed E-state index contributed by atoms with van der Waals surface area (Å²) in [5, 5.41) is 3.06. The minimum Gasteiger partial charge on any atom is -0.484 e. The Balaban J connectivity index is 1.44. The number of carbonyl (C=O) groups excluding carboxylic acids is 2. The van der Waals surface area contributed by atoms with Crippen molar-refractivity contribution < 1.29 is 14.3 Å². The zero-order valence-electron chi connectivity index (χ0n) is 16.2. The van der Waals surface area contributed by atoms with E-state index < -0.39 is 0 Å². The van der Waals surface area contributed by atoms with Crippen LogP contribution in [0.2, 0.25) is 0 Å². The summed E-state index contributed by atoms with van der Waals surface area (Å²) in [6.45, 7) is 5.36. The lowest BCUT2D eigenvalue weighted by atomic mass is 10.0. The molecular formula is C22H25BrN2O3. The molecule has 1 heterocycles. The molecule has 5 nitrogen and oxygen atoms in total. The van der Waals surface area contributed by atoms with E-state index in [9.17, 15) is 9.59 Å². The third-order valence-electron chi connectivity index (χ3n) is 5.11. The highest BCUT2D eigenvalue weighted by Crippen LogP contribution is 2.17. The van der Waals surface area contributed by atoms with Crippen molar-refractivity contribution in [2.45, 2.75) is 32.7 Å². The maximum Gasteiger partial charge on any atom is 0.260 e. The number of likely N-dealkylation sites (tertiary alicyclic amines) is 1. The number of aryl methyl sites for hydroxylation is 2. The number of ether oxygens (including phenoxy) is 1. The van der Waals surface area contributed by atoms with Crippen molar-refractivity contribution >= 4 is 27.7 Å². The van der Waals surface area contributed by atoms with Crippen LogP contribution in [0, 0.1) is 13.8 Å². The molecule has 2 amide bonds. The zero-order valence-corrected chi connectivity index (χ0v) is 17.8. The summed E-state index contributed by atoms with van der Waals surface area (Å²) in [6, 6.07) is 13.2. The molecule has 3 rings (SSSR count). The van der Waals surface area contributed by atoms with Crippen LogP contribution in [0.1, 0.15) is 34.3 Å². The number of hydrogen-bond acceptors (Lipinski definition) is 3. The summed E-state index contributed by atoms with van der Waals surface area (Å²) in [4.78, 5) is 26.6. The number of rotatable bonds is 5. The van der Waals surface area contributed by atoms with Crippen molar-refractivity contribution in [3.63, 3.8) is 0 Å². The van der Waals surface area contributed by atoms with Crippen LogP contribution in [0.5, 0.6) is 5.75 Å². The van der Waals surface area contributed by atoms with E-state index in [-0.39, 0.29) is 24.5 Å². The van der Waals surface area contributed by atoms with Gasteiger partial charge in [0, 0.05) is 29.2 Å². The maximum atomic E-state index is 12.4. The van der Waals surface area contributed by atoms with Gasteiger partial charge >= 0.3 is 0 Å². The molecule has 1 aliphatic rings. The fraction of sp³-hybridized carbons (Fsp3) is 0.364. The smallest absolute Gasteiger partial charge is 0.260 e.